The van der Waals surface area contributed by atoms with Crippen LogP contribution in [-0.2, 0) is 28.5 Å². The lowest BCUT2D eigenvalue weighted by Crippen LogP contribution is -2.49. The molecule has 1 aromatic carbocycles. The molecule has 1 saturated heterocycles. The lowest BCUT2D eigenvalue weighted by atomic mass is 9.73. The van der Waals surface area contributed by atoms with Gasteiger partial charge in [-0.25, -0.2) is 0 Å². The number of carbonyl (C=O) groups is 2. The Bertz CT molecular complexity index is 746. The third-order valence-corrected chi connectivity index (χ3v) is 5.22. The number of nitrogens with zero attached hydrogens (tertiary/aromatic N) is 3. The number of likely N-dealkylation sites (tertiary alicyclic amines) is 1. The first kappa shape index (κ1) is 17.2. The highest BCUT2D eigenvalue weighted by molar-refractivity contribution is 5.82. The zero-order valence-electron chi connectivity index (χ0n) is 14.4. The monoisotopic (exact) mass is 341 g/mol. The van der Waals surface area contributed by atoms with E-state index < -0.39 is 11.4 Å². The molecule has 6 heteroatoms. The number of aryl methyl sites for hydroxylation is 2. The van der Waals surface area contributed by atoms with Gasteiger partial charge in [0.1, 0.15) is 0 Å². The van der Waals surface area contributed by atoms with E-state index in [1.165, 1.54) is 0 Å². The van der Waals surface area contributed by atoms with Gasteiger partial charge in [-0.15, -0.1) is 0 Å². The van der Waals surface area contributed by atoms with E-state index in [1.54, 1.807) is 15.8 Å². The van der Waals surface area contributed by atoms with Gasteiger partial charge in [0.2, 0.25) is 5.91 Å². The standard InChI is InChI=1S/C19H23N3O3/c1-21-16(9-12-20-21)7-8-17(23)22-13-10-19(11-14-22,18(24)25)15-5-3-2-4-6-15/h2-6,9,12H,7-8,10-11,13-14H2,1H3,(H,24,25). The Kier molecular flexibility index (Phi) is 4.88. The molecule has 25 heavy (non-hydrogen) atoms. The van der Waals surface area contributed by atoms with Crippen LogP contribution in [0.2, 0.25) is 0 Å². The third-order valence-electron chi connectivity index (χ3n) is 5.22. The second-order valence-electron chi connectivity index (χ2n) is 6.58. The van der Waals surface area contributed by atoms with Crippen molar-refractivity contribution in [2.45, 2.75) is 31.1 Å². The molecule has 6 nitrogen and oxygen atoms in total. The minimum atomic E-state index is -0.889. The summed E-state index contributed by atoms with van der Waals surface area (Å²) in [5.41, 5.74) is 0.957. The zero-order chi connectivity index (χ0) is 17.9. The Morgan fingerprint density at radius 1 is 1.16 bits per heavy atom. The van der Waals surface area contributed by atoms with Gasteiger partial charge >= 0.3 is 5.97 Å². The first-order chi connectivity index (χ1) is 12.0. The molecule has 0 atom stereocenters. The number of hydrogen-bond donors (Lipinski definition) is 1. The lowest BCUT2D eigenvalue weighted by Gasteiger charge is -2.39. The molecular formula is C19H23N3O3. The van der Waals surface area contributed by atoms with Crippen molar-refractivity contribution in [3.8, 4) is 0 Å². The molecule has 1 aromatic heterocycles. The van der Waals surface area contributed by atoms with E-state index >= 15 is 0 Å². The molecule has 0 saturated carbocycles. The van der Waals surface area contributed by atoms with Gasteiger partial charge in [-0.1, -0.05) is 30.3 Å². The van der Waals surface area contributed by atoms with E-state index in [0.717, 1.165) is 11.3 Å². The van der Waals surface area contributed by atoms with Gasteiger partial charge in [-0.05, 0) is 30.9 Å². The Morgan fingerprint density at radius 2 is 1.84 bits per heavy atom. The molecular weight excluding hydrogens is 318 g/mol. The molecule has 132 valence electrons. The van der Waals surface area contributed by atoms with E-state index in [2.05, 4.69) is 5.10 Å². The summed E-state index contributed by atoms with van der Waals surface area (Å²) in [4.78, 5) is 26.2. The molecule has 1 amide bonds. The van der Waals surface area contributed by atoms with E-state index in [9.17, 15) is 14.7 Å². The topological polar surface area (TPSA) is 75.4 Å². The van der Waals surface area contributed by atoms with Crippen LogP contribution in [0.15, 0.2) is 42.6 Å². The minimum absolute atomic E-state index is 0.0771. The van der Waals surface area contributed by atoms with Crippen LogP contribution >= 0.6 is 0 Å². The fourth-order valence-electron chi connectivity index (χ4n) is 3.56. The highest BCUT2D eigenvalue weighted by Gasteiger charge is 2.43. The number of carboxylic acid groups (broad SMARTS) is 1. The maximum Gasteiger partial charge on any atom is 0.314 e. The van der Waals surface area contributed by atoms with Crippen LogP contribution in [0.1, 0.15) is 30.5 Å². The van der Waals surface area contributed by atoms with Crippen LogP contribution in [0.4, 0.5) is 0 Å². The summed E-state index contributed by atoms with van der Waals surface area (Å²) in [6.45, 7) is 0.955. The molecule has 1 N–H and O–H groups in total. The predicted octanol–water partition coefficient (Wildman–Crippen LogP) is 2.00. The zero-order valence-corrected chi connectivity index (χ0v) is 14.4. The van der Waals surface area contributed by atoms with E-state index in [4.69, 9.17) is 0 Å². The van der Waals surface area contributed by atoms with Crippen LogP contribution in [0.5, 0.6) is 0 Å². The largest absolute Gasteiger partial charge is 0.481 e. The average Bonchev–Trinajstić information content (AvgIpc) is 3.05. The molecule has 0 aliphatic carbocycles. The van der Waals surface area contributed by atoms with Gasteiger partial charge in [0.25, 0.3) is 0 Å². The highest BCUT2D eigenvalue weighted by atomic mass is 16.4. The fraction of sp³-hybridized carbons (Fsp3) is 0.421. The summed E-state index contributed by atoms with van der Waals surface area (Å²) in [7, 11) is 1.86. The number of carbonyl (C=O) groups excluding carboxylic acids is 1. The second-order valence-corrected chi connectivity index (χ2v) is 6.58. The first-order valence-corrected chi connectivity index (χ1v) is 8.56. The van der Waals surface area contributed by atoms with Crippen LogP contribution in [0.25, 0.3) is 0 Å². The lowest BCUT2D eigenvalue weighted by molar-refractivity contribution is -0.148. The molecule has 1 fully saturated rings. The number of benzene rings is 1. The van der Waals surface area contributed by atoms with E-state index in [1.807, 2.05) is 43.4 Å². The Morgan fingerprint density at radius 3 is 2.40 bits per heavy atom. The van der Waals surface area contributed by atoms with Crippen LogP contribution in [0.3, 0.4) is 0 Å². The van der Waals surface area contributed by atoms with Crippen molar-refractivity contribution in [3.63, 3.8) is 0 Å². The van der Waals surface area contributed by atoms with E-state index in [0.29, 0.717) is 38.8 Å². The van der Waals surface area contributed by atoms with Crippen LogP contribution in [-0.4, -0.2) is 44.8 Å². The minimum Gasteiger partial charge on any atom is -0.481 e. The number of hydrogen-bond acceptors (Lipinski definition) is 3. The Labute approximate surface area is 147 Å². The highest BCUT2D eigenvalue weighted by Crippen LogP contribution is 2.36. The molecule has 0 bridgehead atoms. The number of rotatable bonds is 5. The third kappa shape index (κ3) is 3.43. The Hall–Kier alpha value is -2.63. The van der Waals surface area contributed by atoms with Crippen molar-refractivity contribution < 1.29 is 14.7 Å². The van der Waals surface area contributed by atoms with Crippen molar-refractivity contribution >= 4 is 11.9 Å². The number of amides is 1. The van der Waals surface area contributed by atoms with Gasteiger partial charge < -0.3 is 10.0 Å². The maximum absolute atomic E-state index is 12.5. The number of aliphatic carboxylic acids is 1. The van der Waals surface area contributed by atoms with Crippen molar-refractivity contribution in [2.75, 3.05) is 13.1 Å². The molecule has 2 heterocycles. The number of aromatic nitrogens is 2. The smallest absolute Gasteiger partial charge is 0.314 e. The molecule has 3 rings (SSSR count). The summed E-state index contributed by atoms with van der Waals surface area (Å²) < 4.78 is 1.77. The van der Waals surface area contributed by atoms with Gasteiger partial charge in [-0.3, -0.25) is 14.3 Å². The molecule has 0 unspecified atom stereocenters. The fourth-order valence-corrected chi connectivity index (χ4v) is 3.56. The van der Waals surface area contributed by atoms with Gasteiger partial charge in [0, 0.05) is 38.4 Å². The number of piperidine rings is 1. The molecule has 1 aliphatic rings. The summed E-state index contributed by atoms with van der Waals surface area (Å²) in [5.74, 6) is -0.728. The second kappa shape index (κ2) is 7.09. The van der Waals surface area contributed by atoms with Crippen molar-refractivity contribution in [2.24, 2.45) is 7.05 Å². The van der Waals surface area contributed by atoms with Gasteiger partial charge in [0.15, 0.2) is 0 Å². The quantitative estimate of drug-likeness (QED) is 0.902. The SMILES string of the molecule is Cn1nccc1CCC(=O)N1CCC(C(=O)O)(c2ccccc2)CC1. The first-order valence-electron chi connectivity index (χ1n) is 8.56. The van der Waals surface area contributed by atoms with Crippen LogP contribution in [0, 0.1) is 0 Å². The maximum atomic E-state index is 12.5. The molecule has 1 aliphatic heterocycles. The average molecular weight is 341 g/mol. The number of carboxylic acids is 1. The summed E-state index contributed by atoms with van der Waals surface area (Å²) >= 11 is 0. The summed E-state index contributed by atoms with van der Waals surface area (Å²) in [6.07, 6.45) is 3.69. The summed E-state index contributed by atoms with van der Waals surface area (Å²) in [5, 5.41) is 13.9. The van der Waals surface area contributed by atoms with Gasteiger partial charge in [-0.2, -0.15) is 5.10 Å². The van der Waals surface area contributed by atoms with Crippen molar-refractivity contribution in [1.29, 1.82) is 0 Å². The molecule has 0 spiro atoms. The van der Waals surface area contributed by atoms with E-state index in [-0.39, 0.29) is 5.91 Å². The predicted molar refractivity (Wildman–Crippen MR) is 93.1 cm³/mol. The van der Waals surface area contributed by atoms with Crippen molar-refractivity contribution in [1.82, 2.24) is 14.7 Å². The molecule has 0 radical (unpaired) electrons. The Balaban J connectivity index is 1.63. The normalized spacial score (nSPS) is 16.6. The summed E-state index contributed by atoms with van der Waals surface area (Å²) in [6, 6.07) is 11.3. The van der Waals surface area contributed by atoms with Crippen LogP contribution < -0.4 is 0 Å². The molecule has 2 aromatic rings. The van der Waals surface area contributed by atoms with Gasteiger partial charge in [0.05, 0.1) is 5.41 Å². The van der Waals surface area contributed by atoms with Crippen molar-refractivity contribution in [3.05, 3.63) is 53.9 Å².